The van der Waals surface area contributed by atoms with Crippen LogP contribution in [0.25, 0.3) is 10.9 Å². The van der Waals surface area contributed by atoms with Crippen molar-refractivity contribution in [1.29, 1.82) is 0 Å². The number of carboxylic acids is 1. The number of hydrogen-bond acceptors (Lipinski definition) is 2. The minimum Gasteiger partial charge on any atom is -0.481 e. The summed E-state index contributed by atoms with van der Waals surface area (Å²) < 4.78 is 1.98. The topological polar surface area (TPSA) is 62.5 Å². The Morgan fingerprint density at radius 2 is 1.91 bits per heavy atom. The van der Waals surface area contributed by atoms with Gasteiger partial charge in [-0.25, -0.2) is 0 Å². The van der Waals surface area contributed by atoms with E-state index in [2.05, 4.69) is 6.07 Å². The zero-order valence-electron chi connectivity index (χ0n) is 12.7. The minimum absolute atomic E-state index is 0.0598. The normalized spacial score (nSPS) is 16.1. The van der Waals surface area contributed by atoms with Gasteiger partial charge in [-0.3, -0.25) is 9.59 Å². The van der Waals surface area contributed by atoms with E-state index in [1.807, 2.05) is 35.9 Å². The summed E-state index contributed by atoms with van der Waals surface area (Å²) in [5, 5.41) is 10.2. The van der Waals surface area contributed by atoms with Gasteiger partial charge in [0.15, 0.2) is 0 Å². The summed E-state index contributed by atoms with van der Waals surface area (Å²) >= 11 is 0. The highest BCUT2D eigenvalue weighted by molar-refractivity contribution is 5.86. The van der Waals surface area contributed by atoms with Gasteiger partial charge in [-0.2, -0.15) is 0 Å². The van der Waals surface area contributed by atoms with Crippen LogP contribution in [-0.4, -0.2) is 39.5 Å². The number of likely N-dealkylation sites (tertiary alicyclic amines) is 1. The molecule has 1 N–H and O–H groups in total. The summed E-state index contributed by atoms with van der Waals surface area (Å²) in [4.78, 5) is 25.2. The molecule has 116 valence electrons. The second-order valence-electron chi connectivity index (χ2n) is 5.95. The van der Waals surface area contributed by atoms with E-state index >= 15 is 0 Å². The molecule has 5 nitrogen and oxygen atoms in total. The van der Waals surface area contributed by atoms with Gasteiger partial charge in [-0.15, -0.1) is 0 Å². The Labute approximate surface area is 129 Å². The van der Waals surface area contributed by atoms with Crippen molar-refractivity contribution in [2.24, 2.45) is 5.92 Å². The van der Waals surface area contributed by atoms with Gasteiger partial charge >= 0.3 is 5.97 Å². The molecule has 0 atom stereocenters. The summed E-state index contributed by atoms with van der Waals surface area (Å²) in [7, 11) is 0. The largest absolute Gasteiger partial charge is 0.481 e. The minimum atomic E-state index is -0.751. The van der Waals surface area contributed by atoms with Crippen LogP contribution < -0.4 is 0 Å². The lowest BCUT2D eigenvalue weighted by atomic mass is 9.97. The fourth-order valence-electron chi connectivity index (χ4n) is 3.18. The molecule has 0 saturated carbocycles. The zero-order valence-corrected chi connectivity index (χ0v) is 12.7. The smallest absolute Gasteiger partial charge is 0.306 e. The molecule has 1 fully saturated rings. The summed E-state index contributed by atoms with van der Waals surface area (Å²) in [6.45, 7) is 3.43. The Morgan fingerprint density at radius 3 is 2.59 bits per heavy atom. The van der Waals surface area contributed by atoms with Gasteiger partial charge in [0.05, 0.1) is 5.92 Å². The fourth-order valence-corrected chi connectivity index (χ4v) is 3.18. The van der Waals surface area contributed by atoms with Gasteiger partial charge in [-0.05, 0) is 31.4 Å². The summed E-state index contributed by atoms with van der Waals surface area (Å²) in [6.07, 6.45) is 3.10. The summed E-state index contributed by atoms with van der Waals surface area (Å²) in [5.41, 5.74) is 2.22. The quantitative estimate of drug-likeness (QED) is 0.946. The van der Waals surface area contributed by atoms with Crippen LogP contribution in [0.15, 0.2) is 30.5 Å². The highest BCUT2D eigenvalue weighted by Gasteiger charge is 2.27. The Bertz CT molecular complexity index is 712. The maximum atomic E-state index is 12.5. The average molecular weight is 300 g/mol. The number of carbonyl (C=O) groups excluding carboxylic acids is 1. The SMILES string of the molecule is Cc1cn(CC(=O)N2CCC(C(=O)O)CC2)c2ccccc12. The molecule has 1 aliphatic rings. The second-order valence-corrected chi connectivity index (χ2v) is 5.95. The first kappa shape index (κ1) is 14.6. The number of hydrogen-bond donors (Lipinski definition) is 1. The van der Waals surface area contributed by atoms with Crippen molar-refractivity contribution in [3.05, 3.63) is 36.0 Å². The van der Waals surface area contributed by atoms with Crippen molar-refractivity contribution >= 4 is 22.8 Å². The Balaban J connectivity index is 1.70. The molecular weight excluding hydrogens is 280 g/mol. The number of para-hydroxylation sites is 1. The van der Waals surface area contributed by atoms with Gasteiger partial charge in [0.25, 0.3) is 0 Å². The second kappa shape index (κ2) is 5.83. The summed E-state index contributed by atoms with van der Waals surface area (Å²) in [6, 6.07) is 8.05. The van der Waals surface area contributed by atoms with Crippen LogP contribution in [-0.2, 0) is 16.1 Å². The van der Waals surface area contributed by atoms with Gasteiger partial charge < -0.3 is 14.6 Å². The number of fused-ring (bicyclic) bond motifs is 1. The number of aliphatic carboxylic acids is 1. The number of carboxylic acid groups (broad SMARTS) is 1. The lowest BCUT2D eigenvalue weighted by Gasteiger charge is -2.30. The molecule has 1 aromatic heterocycles. The van der Waals surface area contributed by atoms with Crippen LogP contribution in [0.3, 0.4) is 0 Å². The van der Waals surface area contributed by atoms with E-state index in [1.54, 1.807) is 4.90 Å². The molecule has 0 spiro atoms. The molecule has 3 rings (SSSR count). The molecular formula is C17H20N2O3. The standard InChI is InChI=1S/C17H20N2O3/c1-12-10-19(15-5-3-2-4-14(12)15)11-16(20)18-8-6-13(7-9-18)17(21)22/h2-5,10,13H,6-9,11H2,1H3,(H,21,22). The van der Waals surface area contributed by atoms with Crippen LogP contribution in [0.2, 0.25) is 0 Å². The molecule has 0 aliphatic carbocycles. The first-order chi connectivity index (χ1) is 10.6. The molecule has 2 heterocycles. The fraction of sp³-hybridized carbons (Fsp3) is 0.412. The highest BCUT2D eigenvalue weighted by atomic mass is 16.4. The van der Waals surface area contributed by atoms with Crippen molar-refractivity contribution in [2.75, 3.05) is 13.1 Å². The third kappa shape index (κ3) is 2.71. The molecule has 22 heavy (non-hydrogen) atoms. The van der Waals surface area contributed by atoms with Crippen LogP contribution >= 0.6 is 0 Å². The van der Waals surface area contributed by atoms with E-state index in [0.29, 0.717) is 32.5 Å². The molecule has 5 heteroatoms. The third-order valence-corrected chi connectivity index (χ3v) is 4.49. The number of amides is 1. The van der Waals surface area contributed by atoms with Gasteiger partial charge in [0.2, 0.25) is 5.91 Å². The van der Waals surface area contributed by atoms with E-state index in [1.165, 1.54) is 5.39 Å². The maximum absolute atomic E-state index is 12.5. The van der Waals surface area contributed by atoms with Crippen molar-refractivity contribution in [3.63, 3.8) is 0 Å². The lowest BCUT2D eigenvalue weighted by molar-refractivity contribution is -0.145. The molecule has 0 radical (unpaired) electrons. The number of piperidine rings is 1. The predicted octanol–water partition coefficient (Wildman–Crippen LogP) is 2.27. The van der Waals surface area contributed by atoms with Crippen molar-refractivity contribution in [3.8, 4) is 0 Å². The maximum Gasteiger partial charge on any atom is 0.306 e. The van der Waals surface area contributed by atoms with Crippen molar-refractivity contribution in [1.82, 2.24) is 9.47 Å². The van der Waals surface area contributed by atoms with E-state index in [4.69, 9.17) is 5.11 Å². The molecule has 1 aliphatic heterocycles. The van der Waals surface area contributed by atoms with Crippen LogP contribution in [0, 0.1) is 12.8 Å². The molecule has 1 amide bonds. The number of nitrogens with zero attached hydrogens (tertiary/aromatic N) is 2. The van der Waals surface area contributed by atoms with E-state index < -0.39 is 5.97 Å². The molecule has 2 aromatic rings. The highest BCUT2D eigenvalue weighted by Crippen LogP contribution is 2.22. The first-order valence-electron chi connectivity index (χ1n) is 7.61. The number of aryl methyl sites for hydroxylation is 1. The van der Waals surface area contributed by atoms with Crippen molar-refractivity contribution < 1.29 is 14.7 Å². The van der Waals surface area contributed by atoms with Gasteiger partial charge in [-0.1, -0.05) is 18.2 Å². The molecule has 1 saturated heterocycles. The van der Waals surface area contributed by atoms with E-state index in [0.717, 1.165) is 11.1 Å². The van der Waals surface area contributed by atoms with Crippen LogP contribution in [0.5, 0.6) is 0 Å². The van der Waals surface area contributed by atoms with E-state index in [-0.39, 0.29) is 11.8 Å². The van der Waals surface area contributed by atoms with Gasteiger partial charge in [0.1, 0.15) is 6.54 Å². The number of aromatic nitrogens is 1. The third-order valence-electron chi connectivity index (χ3n) is 4.49. The molecule has 1 aromatic carbocycles. The van der Waals surface area contributed by atoms with Crippen molar-refractivity contribution in [2.45, 2.75) is 26.3 Å². The first-order valence-corrected chi connectivity index (χ1v) is 7.61. The van der Waals surface area contributed by atoms with Crippen LogP contribution in [0.4, 0.5) is 0 Å². The molecule has 0 bridgehead atoms. The number of rotatable bonds is 3. The summed E-state index contributed by atoms with van der Waals surface area (Å²) in [5.74, 6) is -0.998. The predicted molar refractivity (Wildman–Crippen MR) is 83.6 cm³/mol. The average Bonchev–Trinajstić information content (AvgIpc) is 2.84. The Morgan fingerprint density at radius 1 is 1.23 bits per heavy atom. The Hall–Kier alpha value is -2.30. The van der Waals surface area contributed by atoms with Gasteiger partial charge in [0, 0.05) is 30.2 Å². The lowest BCUT2D eigenvalue weighted by Crippen LogP contribution is -2.41. The van der Waals surface area contributed by atoms with E-state index in [9.17, 15) is 9.59 Å². The van der Waals surface area contributed by atoms with Crippen LogP contribution in [0.1, 0.15) is 18.4 Å². The zero-order chi connectivity index (χ0) is 15.7. The number of carbonyl (C=O) groups is 2. The number of benzene rings is 1. The monoisotopic (exact) mass is 300 g/mol. The Kier molecular flexibility index (Phi) is 3.88. The molecule has 0 unspecified atom stereocenters.